The Morgan fingerprint density at radius 1 is 1.25 bits per heavy atom. The molecule has 0 N–H and O–H groups in total. The van der Waals surface area contributed by atoms with Crippen molar-refractivity contribution in [1.29, 1.82) is 0 Å². The molecular weight excluding hydrogens is 227 g/mol. The van der Waals surface area contributed by atoms with Gasteiger partial charge >= 0.3 is 0 Å². The molecule has 0 bridgehead atoms. The van der Waals surface area contributed by atoms with Gasteiger partial charge in [0.05, 0.1) is 0 Å². The van der Waals surface area contributed by atoms with Gasteiger partial charge in [0.1, 0.15) is 0 Å². The predicted molar refractivity (Wildman–Crippen MR) is 63.3 cm³/mol. The Labute approximate surface area is 86.8 Å². The molecule has 0 aliphatic carbocycles. The Morgan fingerprint density at radius 3 is 2.33 bits per heavy atom. The van der Waals surface area contributed by atoms with E-state index in [0.717, 1.165) is 5.56 Å². The summed E-state index contributed by atoms with van der Waals surface area (Å²) in [5.74, 6) is 0.700. The monoisotopic (exact) mass is 236 g/mol. The molecule has 0 aromatic heterocycles. The maximum absolute atomic E-state index is 11.1. The third-order valence-corrected chi connectivity index (χ3v) is 5.52. The SMILES string of the molecule is O=P(S)(S)SCc1ccccc1. The molecule has 0 radical (unpaired) electrons. The lowest BCUT2D eigenvalue weighted by molar-refractivity contribution is 0.601. The molecule has 0 unspecified atom stereocenters. The standard InChI is InChI=1S/C7H9OPS3/c8-9(10,11)12-6-7-4-2-1-3-5-7/h1-5H,6H2,(H2,8,10,11). The highest BCUT2D eigenvalue weighted by molar-refractivity contribution is 9.08. The summed E-state index contributed by atoms with van der Waals surface area (Å²) in [6.07, 6.45) is 0. The van der Waals surface area contributed by atoms with Gasteiger partial charge < -0.3 is 0 Å². The largest absolute Gasteiger partial charge is 0.289 e. The first-order valence-electron chi connectivity index (χ1n) is 3.32. The molecule has 0 fully saturated rings. The topological polar surface area (TPSA) is 17.1 Å². The van der Waals surface area contributed by atoms with Crippen molar-refractivity contribution in [3.8, 4) is 0 Å². The van der Waals surface area contributed by atoms with Crippen molar-refractivity contribution in [1.82, 2.24) is 0 Å². The Bertz CT molecular complexity index is 282. The minimum atomic E-state index is -2.53. The zero-order valence-electron chi connectivity index (χ0n) is 6.25. The fourth-order valence-corrected chi connectivity index (χ4v) is 3.23. The average Bonchev–Trinajstić information content (AvgIpc) is 2.02. The number of benzene rings is 1. The maximum Gasteiger partial charge on any atom is 0.238 e. The fraction of sp³-hybridized carbons (Fsp3) is 0.143. The predicted octanol–water partition coefficient (Wildman–Crippen LogP) is 3.89. The van der Waals surface area contributed by atoms with Crippen LogP contribution >= 0.6 is 40.6 Å². The molecule has 0 heterocycles. The second-order valence-corrected chi connectivity index (χ2v) is 12.0. The van der Waals surface area contributed by atoms with Crippen LogP contribution in [0.1, 0.15) is 5.56 Å². The molecule has 1 aromatic rings. The molecule has 0 aliphatic rings. The van der Waals surface area contributed by atoms with Crippen LogP contribution in [0.4, 0.5) is 0 Å². The smallest absolute Gasteiger partial charge is 0.238 e. The van der Waals surface area contributed by atoms with Crippen molar-refractivity contribution in [2.75, 3.05) is 0 Å². The van der Waals surface area contributed by atoms with Crippen LogP contribution in [0, 0.1) is 0 Å². The molecule has 1 aromatic carbocycles. The van der Waals surface area contributed by atoms with Crippen molar-refractivity contribution >= 4 is 40.6 Å². The molecule has 12 heavy (non-hydrogen) atoms. The average molecular weight is 236 g/mol. The third-order valence-electron chi connectivity index (χ3n) is 1.24. The van der Waals surface area contributed by atoms with Gasteiger partial charge in [-0.3, -0.25) is 4.57 Å². The van der Waals surface area contributed by atoms with E-state index in [4.69, 9.17) is 0 Å². The number of hydrogen-bond acceptors (Lipinski definition) is 2. The van der Waals surface area contributed by atoms with Gasteiger partial charge in [0.2, 0.25) is 4.75 Å². The van der Waals surface area contributed by atoms with Crippen molar-refractivity contribution in [2.24, 2.45) is 0 Å². The maximum atomic E-state index is 11.1. The summed E-state index contributed by atoms with van der Waals surface area (Å²) in [5, 5.41) is 0. The Kier molecular flexibility index (Phi) is 4.11. The van der Waals surface area contributed by atoms with Crippen LogP contribution in [0.2, 0.25) is 0 Å². The zero-order chi connectivity index (χ0) is 9.03. The van der Waals surface area contributed by atoms with E-state index in [0.29, 0.717) is 5.75 Å². The summed E-state index contributed by atoms with van der Waals surface area (Å²) in [6, 6.07) is 9.85. The van der Waals surface area contributed by atoms with Crippen molar-refractivity contribution in [3.63, 3.8) is 0 Å². The van der Waals surface area contributed by atoms with Gasteiger partial charge in [0, 0.05) is 5.75 Å². The molecule has 0 saturated heterocycles. The van der Waals surface area contributed by atoms with Crippen molar-refractivity contribution < 1.29 is 4.57 Å². The van der Waals surface area contributed by atoms with Crippen molar-refractivity contribution in [3.05, 3.63) is 35.9 Å². The molecule has 66 valence electrons. The van der Waals surface area contributed by atoms with Gasteiger partial charge in [0.15, 0.2) is 0 Å². The van der Waals surface area contributed by atoms with Crippen LogP contribution in [-0.2, 0) is 10.3 Å². The number of hydrogen-bond donors (Lipinski definition) is 2. The van der Waals surface area contributed by atoms with Gasteiger partial charge in [-0.25, -0.2) is 0 Å². The molecule has 1 nitrogen and oxygen atoms in total. The lowest BCUT2D eigenvalue weighted by atomic mass is 10.2. The second kappa shape index (κ2) is 4.66. The van der Waals surface area contributed by atoms with Crippen LogP contribution in [0.3, 0.4) is 0 Å². The Balaban J connectivity index is 2.50. The molecule has 5 heteroatoms. The molecule has 0 saturated carbocycles. The van der Waals surface area contributed by atoms with Gasteiger partial charge in [0.25, 0.3) is 0 Å². The highest BCUT2D eigenvalue weighted by atomic mass is 33.4. The first-order chi connectivity index (χ1) is 5.58. The normalized spacial score (nSPS) is 11.5. The Hall–Kier alpha value is 0.500. The fourth-order valence-electron chi connectivity index (χ4n) is 0.733. The van der Waals surface area contributed by atoms with E-state index in [-0.39, 0.29) is 0 Å². The minimum absolute atomic E-state index is 0.700. The van der Waals surface area contributed by atoms with E-state index >= 15 is 0 Å². The quantitative estimate of drug-likeness (QED) is 0.612. The third kappa shape index (κ3) is 4.51. The summed E-state index contributed by atoms with van der Waals surface area (Å²) in [4.78, 5) is 0. The Morgan fingerprint density at radius 2 is 1.83 bits per heavy atom. The summed E-state index contributed by atoms with van der Waals surface area (Å²) >= 11 is 9.01. The van der Waals surface area contributed by atoms with E-state index in [1.807, 2.05) is 30.3 Å². The number of rotatable bonds is 3. The first kappa shape index (κ1) is 10.6. The van der Waals surface area contributed by atoms with E-state index in [2.05, 4.69) is 24.5 Å². The van der Waals surface area contributed by atoms with E-state index in [1.165, 1.54) is 11.4 Å². The lowest BCUT2D eigenvalue weighted by Gasteiger charge is -2.03. The molecule has 0 atom stereocenters. The van der Waals surface area contributed by atoms with Crippen molar-refractivity contribution in [2.45, 2.75) is 5.75 Å². The van der Waals surface area contributed by atoms with Gasteiger partial charge in [-0.1, -0.05) is 66.2 Å². The van der Waals surface area contributed by atoms with Crippen LogP contribution in [0.25, 0.3) is 0 Å². The van der Waals surface area contributed by atoms with E-state index in [9.17, 15) is 4.57 Å². The van der Waals surface area contributed by atoms with Crippen LogP contribution in [0.5, 0.6) is 0 Å². The molecular formula is C7H9OPS3. The van der Waals surface area contributed by atoms with Crippen LogP contribution in [-0.4, -0.2) is 0 Å². The lowest BCUT2D eigenvalue weighted by Crippen LogP contribution is -1.75. The second-order valence-electron chi connectivity index (χ2n) is 2.25. The van der Waals surface area contributed by atoms with Gasteiger partial charge in [-0.15, -0.1) is 0 Å². The summed E-state index contributed by atoms with van der Waals surface area (Å²) in [6.45, 7) is 0. The molecule has 0 amide bonds. The zero-order valence-corrected chi connectivity index (χ0v) is 9.75. The van der Waals surface area contributed by atoms with Gasteiger partial charge in [-0.05, 0) is 5.56 Å². The molecule has 0 spiro atoms. The summed E-state index contributed by atoms with van der Waals surface area (Å²) in [7, 11) is 0. The first-order valence-corrected chi connectivity index (χ1v) is 8.92. The van der Waals surface area contributed by atoms with E-state index < -0.39 is 4.75 Å². The summed E-state index contributed by atoms with van der Waals surface area (Å²) < 4.78 is 8.55. The minimum Gasteiger partial charge on any atom is -0.289 e. The summed E-state index contributed by atoms with van der Waals surface area (Å²) in [5.41, 5.74) is 1.14. The van der Waals surface area contributed by atoms with Gasteiger partial charge in [-0.2, -0.15) is 0 Å². The highest BCUT2D eigenvalue weighted by Crippen LogP contribution is 2.67. The number of thiol groups is 2. The molecule has 0 aliphatic heterocycles. The van der Waals surface area contributed by atoms with Crippen LogP contribution < -0.4 is 0 Å². The van der Waals surface area contributed by atoms with Crippen LogP contribution in [0.15, 0.2) is 30.3 Å². The van der Waals surface area contributed by atoms with E-state index in [1.54, 1.807) is 0 Å². The molecule has 1 rings (SSSR count). The highest BCUT2D eigenvalue weighted by Gasteiger charge is 2.09.